The Hall–Kier alpha value is -2.17. The summed E-state index contributed by atoms with van der Waals surface area (Å²) in [6, 6.07) is 5.44. The number of aromatic nitrogens is 1. The first-order chi connectivity index (χ1) is 9.19. The second kappa shape index (κ2) is 6.13. The van der Waals surface area contributed by atoms with E-state index in [0.717, 1.165) is 24.0 Å². The summed E-state index contributed by atoms with van der Waals surface area (Å²) < 4.78 is 26.2. The number of pyridine rings is 1. The van der Waals surface area contributed by atoms with E-state index in [4.69, 9.17) is 0 Å². The summed E-state index contributed by atoms with van der Waals surface area (Å²) >= 11 is 0. The number of nitrogens with one attached hydrogen (secondary N) is 2. The molecule has 0 bridgehead atoms. The third-order valence-electron chi connectivity index (χ3n) is 2.62. The Morgan fingerprint density at radius 2 is 1.79 bits per heavy atom. The van der Waals surface area contributed by atoms with Gasteiger partial charge in [0.05, 0.1) is 23.8 Å². The minimum atomic E-state index is -0.572. The highest BCUT2D eigenvalue weighted by Crippen LogP contribution is 2.15. The molecule has 0 saturated heterocycles. The molecule has 19 heavy (non-hydrogen) atoms. The number of halogens is 2. The zero-order valence-electron chi connectivity index (χ0n) is 10.6. The molecule has 0 aliphatic rings. The van der Waals surface area contributed by atoms with E-state index in [-0.39, 0.29) is 6.54 Å². The van der Waals surface area contributed by atoms with Crippen molar-refractivity contribution in [1.82, 2.24) is 4.98 Å². The Labute approximate surface area is 110 Å². The lowest BCUT2D eigenvalue weighted by Crippen LogP contribution is -2.04. The van der Waals surface area contributed by atoms with Crippen LogP contribution in [-0.2, 0) is 6.54 Å². The molecule has 0 unspecified atom stereocenters. The zero-order valence-corrected chi connectivity index (χ0v) is 10.6. The number of hydrogen-bond acceptors (Lipinski definition) is 3. The van der Waals surface area contributed by atoms with Gasteiger partial charge in [0, 0.05) is 24.7 Å². The number of benzene rings is 1. The molecule has 3 nitrogen and oxygen atoms in total. The first-order valence-corrected chi connectivity index (χ1v) is 6.05. The molecule has 100 valence electrons. The van der Waals surface area contributed by atoms with Gasteiger partial charge < -0.3 is 10.6 Å². The average molecular weight is 263 g/mol. The quantitative estimate of drug-likeness (QED) is 0.868. The second-order valence-electron chi connectivity index (χ2n) is 4.08. The summed E-state index contributed by atoms with van der Waals surface area (Å²) in [4.78, 5) is 4.07. The highest BCUT2D eigenvalue weighted by molar-refractivity contribution is 5.54. The van der Waals surface area contributed by atoms with Crippen LogP contribution in [-0.4, -0.2) is 11.5 Å². The molecule has 2 aromatic rings. The van der Waals surface area contributed by atoms with Gasteiger partial charge >= 0.3 is 0 Å². The van der Waals surface area contributed by atoms with Crippen molar-refractivity contribution < 1.29 is 8.78 Å². The van der Waals surface area contributed by atoms with Gasteiger partial charge in [-0.1, -0.05) is 6.07 Å². The molecular formula is C14H15F2N3. The predicted molar refractivity (Wildman–Crippen MR) is 72.1 cm³/mol. The van der Waals surface area contributed by atoms with Crippen LogP contribution in [0.15, 0.2) is 36.7 Å². The lowest BCUT2D eigenvalue weighted by atomic mass is 10.2. The monoisotopic (exact) mass is 263 g/mol. The van der Waals surface area contributed by atoms with Gasteiger partial charge in [-0.15, -0.1) is 0 Å². The molecule has 1 aromatic heterocycles. The molecule has 0 aliphatic heterocycles. The van der Waals surface area contributed by atoms with Crippen LogP contribution in [0, 0.1) is 11.6 Å². The van der Waals surface area contributed by atoms with Crippen molar-refractivity contribution in [3.8, 4) is 0 Å². The number of hydrogen-bond donors (Lipinski definition) is 2. The normalized spacial score (nSPS) is 10.3. The van der Waals surface area contributed by atoms with Crippen molar-refractivity contribution in [2.75, 3.05) is 17.2 Å². The summed E-state index contributed by atoms with van der Waals surface area (Å²) in [7, 11) is 0. The van der Waals surface area contributed by atoms with Crippen LogP contribution in [0.1, 0.15) is 12.5 Å². The molecule has 0 fully saturated rings. The van der Waals surface area contributed by atoms with E-state index < -0.39 is 11.6 Å². The van der Waals surface area contributed by atoms with Crippen LogP contribution in [0.3, 0.4) is 0 Å². The van der Waals surface area contributed by atoms with Crippen molar-refractivity contribution in [1.29, 1.82) is 0 Å². The summed E-state index contributed by atoms with van der Waals surface area (Å²) in [5.74, 6) is -1.12. The number of rotatable bonds is 5. The van der Waals surface area contributed by atoms with E-state index in [2.05, 4.69) is 15.6 Å². The Balaban J connectivity index is 2.03. The maximum absolute atomic E-state index is 13.4. The molecule has 0 saturated carbocycles. The minimum Gasteiger partial charge on any atom is -0.384 e. The summed E-state index contributed by atoms with van der Waals surface area (Å²) in [5.41, 5.74) is 2.09. The highest BCUT2D eigenvalue weighted by atomic mass is 19.1. The molecule has 1 aromatic carbocycles. The average Bonchev–Trinajstić information content (AvgIpc) is 2.38. The molecule has 0 radical (unpaired) electrons. The van der Waals surface area contributed by atoms with Crippen molar-refractivity contribution in [3.05, 3.63) is 53.9 Å². The standard InChI is InChI=1S/C14H15F2N3/c1-2-18-12-6-13(9-17-8-12)19-7-10-3-4-11(15)5-14(10)16/h3-6,8-9,18-19H,2,7H2,1H3. The fourth-order valence-electron chi connectivity index (χ4n) is 1.70. The first kappa shape index (κ1) is 13.3. The number of anilines is 2. The Bertz CT molecular complexity index is 558. The van der Waals surface area contributed by atoms with Gasteiger partial charge in [-0.25, -0.2) is 8.78 Å². The first-order valence-electron chi connectivity index (χ1n) is 6.05. The molecule has 0 aliphatic carbocycles. The van der Waals surface area contributed by atoms with Crippen molar-refractivity contribution in [2.45, 2.75) is 13.5 Å². The van der Waals surface area contributed by atoms with Crippen LogP contribution in [0.4, 0.5) is 20.2 Å². The fourth-order valence-corrected chi connectivity index (χ4v) is 1.70. The van der Waals surface area contributed by atoms with Gasteiger partial charge in [-0.3, -0.25) is 4.98 Å². The van der Waals surface area contributed by atoms with Crippen molar-refractivity contribution in [3.63, 3.8) is 0 Å². The van der Waals surface area contributed by atoms with Crippen LogP contribution >= 0.6 is 0 Å². The molecule has 0 atom stereocenters. The maximum Gasteiger partial charge on any atom is 0.131 e. The van der Waals surface area contributed by atoms with E-state index >= 15 is 0 Å². The summed E-state index contributed by atoms with van der Waals surface area (Å²) in [5, 5.41) is 6.19. The summed E-state index contributed by atoms with van der Waals surface area (Å²) in [6.45, 7) is 3.08. The molecule has 1 heterocycles. The van der Waals surface area contributed by atoms with Crippen LogP contribution in [0.5, 0.6) is 0 Å². The molecular weight excluding hydrogens is 248 g/mol. The summed E-state index contributed by atoms with van der Waals surface area (Å²) in [6.07, 6.45) is 3.37. The van der Waals surface area contributed by atoms with E-state index in [0.29, 0.717) is 5.56 Å². The fraction of sp³-hybridized carbons (Fsp3) is 0.214. The van der Waals surface area contributed by atoms with Gasteiger partial charge in [0.2, 0.25) is 0 Å². The van der Waals surface area contributed by atoms with Crippen LogP contribution < -0.4 is 10.6 Å². The largest absolute Gasteiger partial charge is 0.384 e. The van der Waals surface area contributed by atoms with E-state index in [1.54, 1.807) is 12.4 Å². The lowest BCUT2D eigenvalue weighted by Gasteiger charge is -2.09. The van der Waals surface area contributed by atoms with Gasteiger partial charge in [0.15, 0.2) is 0 Å². The second-order valence-corrected chi connectivity index (χ2v) is 4.08. The third-order valence-corrected chi connectivity index (χ3v) is 2.62. The van der Waals surface area contributed by atoms with Crippen LogP contribution in [0.25, 0.3) is 0 Å². The molecule has 2 N–H and O–H groups in total. The number of nitrogens with zero attached hydrogens (tertiary/aromatic N) is 1. The smallest absolute Gasteiger partial charge is 0.131 e. The highest BCUT2D eigenvalue weighted by Gasteiger charge is 2.03. The third kappa shape index (κ3) is 3.64. The Morgan fingerprint density at radius 1 is 1.05 bits per heavy atom. The van der Waals surface area contributed by atoms with Gasteiger partial charge in [-0.05, 0) is 19.1 Å². The van der Waals surface area contributed by atoms with E-state index in [1.807, 2.05) is 13.0 Å². The van der Waals surface area contributed by atoms with Gasteiger partial charge in [0.25, 0.3) is 0 Å². The van der Waals surface area contributed by atoms with Gasteiger partial charge in [-0.2, -0.15) is 0 Å². The van der Waals surface area contributed by atoms with Crippen LogP contribution in [0.2, 0.25) is 0 Å². The molecule has 2 rings (SSSR count). The van der Waals surface area contributed by atoms with E-state index in [1.165, 1.54) is 12.1 Å². The molecule has 0 spiro atoms. The SMILES string of the molecule is CCNc1cncc(NCc2ccc(F)cc2F)c1. The van der Waals surface area contributed by atoms with E-state index in [9.17, 15) is 8.78 Å². The van der Waals surface area contributed by atoms with Crippen molar-refractivity contribution in [2.24, 2.45) is 0 Å². The minimum absolute atomic E-state index is 0.281. The predicted octanol–water partition coefficient (Wildman–Crippen LogP) is 3.40. The topological polar surface area (TPSA) is 37.0 Å². The Morgan fingerprint density at radius 3 is 2.47 bits per heavy atom. The molecule has 5 heteroatoms. The lowest BCUT2D eigenvalue weighted by molar-refractivity contribution is 0.574. The molecule has 0 amide bonds. The zero-order chi connectivity index (χ0) is 13.7. The maximum atomic E-state index is 13.4. The van der Waals surface area contributed by atoms with Crippen molar-refractivity contribution >= 4 is 11.4 Å². The Kier molecular flexibility index (Phi) is 4.28. The van der Waals surface area contributed by atoms with Gasteiger partial charge in [0.1, 0.15) is 11.6 Å².